The van der Waals surface area contributed by atoms with Crippen LogP contribution in [0.4, 0.5) is 0 Å². The standard InChI is InChI=1S/C35H64N2O17/c1-30-32(38)3-4-34(40)37(30)31(35(41)42)29-36-33(39)5-6-44-9-10-46-13-14-48-17-18-50-21-22-52-25-26-54-28-27-53-24-23-51-20-19-49-16-15-47-12-11-45-8-7-43-2/h3-4,30-32,38H,5-29H2,1-2H3,(H,36,39)(H,41,42)/t30?,31-,32?/m0/s1. The second-order valence-corrected chi connectivity index (χ2v) is 11.5. The first kappa shape index (κ1) is 49.6. The number of hydrogen-bond donors (Lipinski definition) is 3. The average Bonchev–Trinajstić information content (AvgIpc) is 3.16. The average molecular weight is 785 g/mol. The van der Waals surface area contributed by atoms with Gasteiger partial charge in [-0.05, 0) is 13.0 Å². The minimum absolute atomic E-state index is 0.0114. The topological polar surface area (TPSA) is 218 Å². The lowest BCUT2D eigenvalue weighted by atomic mass is 10.0. The molecule has 0 radical (unpaired) electrons. The van der Waals surface area contributed by atoms with E-state index in [-0.39, 0.29) is 26.2 Å². The summed E-state index contributed by atoms with van der Waals surface area (Å²) in [6.07, 6.45) is 1.46. The molecule has 0 saturated carbocycles. The maximum atomic E-state index is 12.2. The molecular formula is C35H64N2O17. The number of aliphatic hydroxyl groups is 1. The van der Waals surface area contributed by atoms with Crippen molar-refractivity contribution in [3.05, 3.63) is 12.2 Å². The van der Waals surface area contributed by atoms with Gasteiger partial charge in [-0.15, -0.1) is 0 Å². The van der Waals surface area contributed by atoms with Crippen molar-refractivity contribution in [3.63, 3.8) is 0 Å². The van der Waals surface area contributed by atoms with Crippen LogP contribution in [0.25, 0.3) is 0 Å². The van der Waals surface area contributed by atoms with E-state index in [4.69, 9.17) is 56.8 Å². The summed E-state index contributed by atoms with van der Waals surface area (Å²) < 4.78 is 64.6. The van der Waals surface area contributed by atoms with Crippen LogP contribution in [0.5, 0.6) is 0 Å². The number of carbonyl (C=O) groups is 3. The van der Waals surface area contributed by atoms with Gasteiger partial charge in [0.15, 0.2) is 0 Å². The van der Waals surface area contributed by atoms with E-state index in [9.17, 15) is 24.6 Å². The number of nitrogens with zero attached hydrogens (tertiary/aromatic N) is 1. The minimum atomic E-state index is -1.31. The molecule has 2 amide bonds. The predicted octanol–water partition coefficient (Wildman–Crippen LogP) is -1.08. The first-order valence-electron chi connectivity index (χ1n) is 18.4. The lowest BCUT2D eigenvalue weighted by molar-refractivity contribution is -0.152. The Morgan fingerprint density at radius 2 is 0.926 bits per heavy atom. The van der Waals surface area contributed by atoms with Crippen molar-refractivity contribution in [2.45, 2.75) is 31.5 Å². The van der Waals surface area contributed by atoms with Gasteiger partial charge in [0, 0.05) is 26.2 Å². The molecule has 1 aliphatic heterocycles. The first-order valence-corrected chi connectivity index (χ1v) is 18.4. The van der Waals surface area contributed by atoms with Gasteiger partial charge in [0.2, 0.25) is 11.8 Å². The van der Waals surface area contributed by atoms with E-state index in [1.165, 1.54) is 6.08 Å². The van der Waals surface area contributed by atoms with Crippen molar-refractivity contribution in [2.24, 2.45) is 0 Å². The molecule has 0 spiro atoms. The van der Waals surface area contributed by atoms with Gasteiger partial charge in [0.1, 0.15) is 6.04 Å². The largest absolute Gasteiger partial charge is 0.480 e. The number of aliphatic carboxylic acids is 1. The van der Waals surface area contributed by atoms with Crippen molar-refractivity contribution in [2.75, 3.05) is 166 Å². The molecule has 19 nitrogen and oxygen atoms in total. The molecule has 0 aromatic heterocycles. The molecule has 3 atom stereocenters. The van der Waals surface area contributed by atoms with E-state index in [0.29, 0.717) is 139 Å². The molecular weight excluding hydrogens is 720 g/mol. The molecule has 0 bridgehead atoms. The fourth-order valence-electron chi connectivity index (χ4n) is 4.44. The molecule has 0 aromatic rings. The number of rotatable bonds is 40. The Kier molecular flexibility index (Phi) is 33.4. The monoisotopic (exact) mass is 784 g/mol. The molecule has 0 fully saturated rings. The van der Waals surface area contributed by atoms with Gasteiger partial charge >= 0.3 is 5.97 Å². The fraction of sp³-hybridized carbons (Fsp3) is 0.857. The van der Waals surface area contributed by atoms with Crippen molar-refractivity contribution >= 4 is 17.8 Å². The Labute approximate surface area is 318 Å². The number of carboxylic acids is 1. The normalized spacial score (nSPS) is 16.3. The summed E-state index contributed by atoms with van der Waals surface area (Å²) in [4.78, 5) is 37.0. The van der Waals surface area contributed by atoms with Crippen LogP contribution >= 0.6 is 0 Å². The highest BCUT2D eigenvalue weighted by Gasteiger charge is 2.37. The van der Waals surface area contributed by atoms with Crippen LogP contribution in [-0.2, 0) is 71.2 Å². The number of hydrogen-bond acceptors (Lipinski definition) is 16. The number of nitrogens with one attached hydrogen (secondary N) is 1. The summed E-state index contributed by atoms with van der Waals surface area (Å²) in [5, 5.41) is 22.0. The molecule has 0 aliphatic carbocycles. The molecule has 1 heterocycles. The maximum Gasteiger partial charge on any atom is 0.328 e. The summed E-state index contributed by atoms with van der Waals surface area (Å²) >= 11 is 0. The number of ether oxygens (including phenoxy) is 12. The van der Waals surface area contributed by atoms with Crippen LogP contribution < -0.4 is 5.32 Å². The number of carboxylic acid groups (broad SMARTS) is 1. The molecule has 316 valence electrons. The fourth-order valence-corrected chi connectivity index (χ4v) is 4.44. The Bertz CT molecular complexity index is 947. The molecule has 19 heteroatoms. The first-order chi connectivity index (χ1) is 26.4. The van der Waals surface area contributed by atoms with E-state index in [0.717, 1.165) is 11.0 Å². The van der Waals surface area contributed by atoms with Crippen LogP contribution in [0.2, 0.25) is 0 Å². The van der Waals surface area contributed by atoms with E-state index in [2.05, 4.69) is 5.32 Å². The van der Waals surface area contributed by atoms with Crippen molar-refractivity contribution < 1.29 is 81.4 Å². The van der Waals surface area contributed by atoms with Gasteiger partial charge in [-0.3, -0.25) is 9.59 Å². The van der Waals surface area contributed by atoms with E-state index in [1.54, 1.807) is 14.0 Å². The third-order valence-electron chi connectivity index (χ3n) is 7.36. The summed E-state index contributed by atoms with van der Waals surface area (Å²) in [6.45, 7) is 11.6. The van der Waals surface area contributed by atoms with Crippen molar-refractivity contribution in [1.29, 1.82) is 0 Å². The summed E-state index contributed by atoms with van der Waals surface area (Å²) in [5.74, 6) is -2.24. The highest BCUT2D eigenvalue weighted by molar-refractivity contribution is 5.92. The molecule has 1 aliphatic rings. The van der Waals surface area contributed by atoms with Crippen molar-refractivity contribution in [3.8, 4) is 0 Å². The zero-order valence-corrected chi connectivity index (χ0v) is 32.0. The third-order valence-corrected chi connectivity index (χ3v) is 7.36. The summed E-state index contributed by atoms with van der Waals surface area (Å²) in [7, 11) is 1.64. The third kappa shape index (κ3) is 28.1. The van der Waals surface area contributed by atoms with Crippen LogP contribution in [0, 0.1) is 0 Å². The SMILES string of the molecule is COCCOCCOCCOCCOCCOCCOCCOCCOCCOCCOCCOCCC(=O)NC[C@@H](C(=O)O)N1C(=O)C=CC(O)C1C. The Balaban J connectivity index is 1.75. The molecule has 3 N–H and O–H groups in total. The predicted molar refractivity (Wildman–Crippen MR) is 191 cm³/mol. The van der Waals surface area contributed by atoms with Gasteiger partial charge in [0.05, 0.1) is 164 Å². The molecule has 0 saturated heterocycles. The highest BCUT2D eigenvalue weighted by Crippen LogP contribution is 2.16. The van der Waals surface area contributed by atoms with Gasteiger partial charge in [-0.2, -0.15) is 0 Å². The number of amides is 2. The van der Waals surface area contributed by atoms with E-state index in [1.807, 2.05) is 0 Å². The zero-order valence-electron chi connectivity index (χ0n) is 32.0. The maximum absolute atomic E-state index is 12.2. The van der Waals surface area contributed by atoms with Gasteiger partial charge in [0.25, 0.3) is 0 Å². The zero-order chi connectivity index (χ0) is 39.3. The van der Waals surface area contributed by atoms with E-state index >= 15 is 0 Å². The lowest BCUT2D eigenvalue weighted by Crippen LogP contribution is -2.58. The second kappa shape index (κ2) is 36.3. The Hall–Kier alpha value is -2.37. The molecule has 54 heavy (non-hydrogen) atoms. The summed E-state index contributed by atoms with van der Waals surface area (Å²) in [6, 6.07) is -2.04. The summed E-state index contributed by atoms with van der Waals surface area (Å²) in [5.41, 5.74) is 0. The van der Waals surface area contributed by atoms with Gasteiger partial charge < -0.3 is 77.3 Å². The van der Waals surface area contributed by atoms with Crippen LogP contribution in [0.15, 0.2) is 12.2 Å². The number of aliphatic hydroxyl groups excluding tert-OH is 1. The van der Waals surface area contributed by atoms with Gasteiger partial charge in [-0.1, -0.05) is 0 Å². The smallest absolute Gasteiger partial charge is 0.328 e. The van der Waals surface area contributed by atoms with Crippen LogP contribution in [0.1, 0.15) is 13.3 Å². The van der Waals surface area contributed by atoms with E-state index < -0.39 is 36.0 Å². The van der Waals surface area contributed by atoms with Crippen molar-refractivity contribution in [1.82, 2.24) is 10.2 Å². The Morgan fingerprint density at radius 3 is 1.24 bits per heavy atom. The van der Waals surface area contributed by atoms with Crippen LogP contribution in [-0.4, -0.2) is 217 Å². The number of carbonyl (C=O) groups excluding carboxylic acids is 2. The molecule has 0 aromatic carbocycles. The molecule has 1 rings (SSSR count). The lowest BCUT2D eigenvalue weighted by Gasteiger charge is -2.37. The van der Waals surface area contributed by atoms with Crippen LogP contribution in [0.3, 0.4) is 0 Å². The number of methoxy groups -OCH3 is 1. The second-order valence-electron chi connectivity index (χ2n) is 11.5. The minimum Gasteiger partial charge on any atom is -0.480 e. The quantitative estimate of drug-likeness (QED) is 0.0630. The Morgan fingerprint density at radius 1 is 0.611 bits per heavy atom. The molecule has 2 unspecified atom stereocenters. The van der Waals surface area contributed by atoms with Gasteiger partial charge in [-0.25, -0.2) is 4.79 Å². The highest BCUT2D eigenvalue weighted by atomic mass is 16.6.